The van der Waals surface area contributed by atoms with Crippen LogP contribution in [0.4, 0.5) is 5.69 Å². The lowest BCUT2D eigenvalue weighted by molar-refractivity contribution is -0.123. The van der Waals surface area contributed by atoms with Gasteiger partial charge in [0.15, 0.2) is 0 Å². The predicted molar refractivity (Wildman–Crippen MR) is 118 cm³/mol. The molecule has 0 aromatic heterocycles. The van der Waals surface area contributed by atoms with Crippen molar-refractivity contribution in [2.75, 3.05) is 31.5 Å². The average Bonchev–Trinajstić information content (AvgIpc) is 2.74. The summed E-state index contributed by atoms with van der Waals surface area (Å²) in [7, 11) is 0. The first-order valence-electron chi connectivity index (χ1n) is 10.2. The first-order valence-corrected chi connectivity index (χ1v) is 10.2. The van der Waals surface area contributed by atoms with Crippen LogP contribution in [0.2, 0.25) is 0 Å². The van der Waals surface area contributed by atoms with E-state index in [0.29, 0.717) is 24.3 Å². The second-order valence-electron chi connectivity index (χ2n) is 6.96. The van der Waals surface area contributed by atoms with E-state index >= 15 is 0 Å². The van der Waals surface area contributed by atoms with E-state index in [4.69, 9.17) is 0 Å². The van der Waals surface area contributed by atoms with Crippen molar-refractivity contribution < 1.29 is 14.4 Å². The van der Waals surface area contributed by atoms with Crippen LogP contribution in [-0.4, -0.2) is 48.8 Å². The molecule has 30 heavy (non-hydrogen) atoms. The summed E-state index contributed by atoms with van der Waals surface area (Å²) in [5, 5.41) is 8.49. The smallest absolute Gasteiger partial charge is 0.253 e. The molecule has 7 heteroatoms. The maximum absolute atomic E-state index is 12.8. The van der Waals surface area contributed by atoms with Crippen molar-refractivity contribution in [3.8, 4) is 0 Å². The molecule has 1 atom stereocenters. The average molecular weight is 411 g/mol. The van der Waals surface area contributed by atoms with Crippen molar-refractivity contribution in [2.24, 2.45) is 0 Å². The highest BCUT2D eigenvalue weighted by Crippen LogP contribution is 2.18. The first-order chi connectivity index (χ1) is 14.4. The van der Waals surface area contributed by atoms with Gasteiger partial charge in [-0.15, -0.1) is 0 Å². The molecule has 0 saturated heterocycles. The molecule has 0 saturated carbocycles. The number of hydrogen-bond acceptors (Lipinski definition) is 4. The van der Waals surface area contributed by atoms with E-state index < -0.39 is 0 Å². The molecule has 0 aliphatic rings. The summed E-state index contributed by atoms with van der Waals surface area (Å²) in [5.74, 6) is -0.670. The Morgan fingerprint density at radius 3 is 2.20 bits per heavy atom. The molecule has 7 nitrogen and oxygen atoms in total. The summed E-state index contributed by atoms with van der Waals surface area (Å²) in [6.07, 6.45) is 0. The third-order valence-corrected chi connectivity index (χ3v) is 4.65. The van der Waals surface area contributed by atoms with Gasteiger partial charge in [0.1, 0.15) is 0 Å². The van der Waals surface area contributed by atoms with Crippen LogP contribution < -0.4 is 16.0 Å². The molecule has 0 radical (unpaired) electrons. The lowest BCUT2D eigenvalue weighted by Crippen LogP contribution is -2.41. The van der Waals surface area contributed by atoms with E-state index in [-0.39, 0.29) is 36.9 Å². The van der Waals surface area contributed by atoms with Gasteiger partial charge in [0.25, 0.3) is 5.91 Å². The lowest BCUT2D eigenvalue weighted by atomic mass is 10.1. The zero-order valence-corrected chi connectivity index (χ0v) is 17.8. The minimum absolute atomic E-state index is 0.0595. The lowest BCUT2D eigenvalue weighted by Gasteiger charge is -2.20. The number of nitrogens with one attached hydrogen (secondary N) is 3. The standard InChI is InChI=1S/C23H30N4O3/c1-4-24-21(28)15-27(5-2)16-22(29)26-20-14-10-9-13-19(20)23(30)25-17(3)18-11-7-6-8-12-18/h6-14,17H,4-5,15-16H2,1-3H3,(H,24,28)(H,25,30)(H,26,29)/t17-/m0/s1. The molecular formula is C23H30N4O3. The molecule has 0 heterocycles. The Bertz CT molecular complexity index is 855. The normalized spacial score (nSPS) is 11.6. The highest BCUT2D eigenvalue weighted by Gasteiger charge is 2.17. The Morgan fingerprint density at radius 1 is 0.900 bits per heavy atom. The van der Waals surface area contributed by atoms with Crippen LogP contribution in [0.25, 0.3) is 0 Å². The van der Waals surface area contributed by atoms with Gasteiger partial charge in [-0.1, -0.05) is 49.4 Å². The van der Waals surface area contributed by atoms with Crippen LogP contribution in [0.3, 0.4) is 0 Å². The van der Waals surface area contributed by atoms with E-state index in [1.165, 1.54) is 0 Å². The van der Waals surface area contributed by atoms with E-state index in [9.17, 15) is 14.4 Å². The molecular weight excluding hydrogens is 380 g/mol. The molecule has 0 bridgehead atoms. The molecule has 0 aliphatic carbocycles. The van der Waals surface area contributed by atoms with E-state index in [1.54, 1.807) is 29.2 Å². The minimum atomic E-state index is -0.280. The van der Waals surface area contributed by atoms with Gasteiger partial charge in [-0.25, -0.2) is 0 Å². The van der Waals surface area contributed by atoms with Crippen molar-refractivity contribution in [3.63, 3.8) is 0 Å². The number of carbonyl (C=O) groups excluding carboxylic acids is 3. The van der Waals surface area contributed by atoms with Gasteiger partial charge < -0.3 is 16.0 Å². The van der Waals surface area contributed by atoms with Gasteiger partial charge >= 0.3 is 0 Å². The van der Waals surface area contributed by atoms with Crippen molar-refractivity contribution >= 4 is 23.4 Å². The van der Waals surface area contributed by atoms with Gasteiger partial charge in [0.2, 0.25) is 11.8 Å². The summed E-state index contributed by atoms with van der Waals surface area (Å²) < 4.78 is 0. The maximum Gasteiger partial charge on any atom is 0.253 e. The summed E-state index contributed by atoms with van der Waals surface area (Å²) >= 11 is 0. The second kappa shape index (κ2) is 11.7. The number of para-hydroxylation sites is 1. The summed E-state index contributed by atoms with van der Waals surface area (Å²) in [6.45, 7) is 6.96. The highest BCUT2D eigenvalue weighted by molar-refractivity contribution is 6.04. The summed E-state index contributed by atoms with van der Waals surface area (Å²) in [4.78, 5) is 38.8. The van der Waals surface area contributed by atoms with Gasteiger partial charge in [0.05, 0.1) is 30.4 Å². The Balaban J connectivity index is 2.02. The molecule has 3 amide bonds. The molecule has 2 rings (SSSR count). The first kappa shape index (κ1) is 23.1. The maximum atomic E-state index is 12.8. The number of carbonyl (C=O) groups is 3. The number of amides is 3. The number of rotatable bonds is 10. The van der Waals surface area contributed by atoms with Crippen LogP contribution in [0.15, 0.2) is 54.6 Å². The largest absolute Gasteiger partial charge is 0.355 e. The second-order valence-corrected chi connectivity index (χ2v) is 6.96. The quantitative estimate of drug-likeness (QED) is 0.562. The molecule has 2 aromatic rings. The zero-order valence-electron chi connectivity index (χ0n) is 17.8. The summed E-state index contributed by atoms with van der Waals surface area (Å²) in [6, 6.07) is 16.4. The third-order valence-electron chi connectivity index (χ3n) is 4.65. The zero-order chi connectivity index (χ0) is 21.9. The Labute approximate surface area is 177 Å². The fourth-order valence-electron chi connectivity index (χ4n) is 3.02. The van der Waals surface area contributed by atoms with E-state index in [0.717, 1.165) is 5.56 Å². The monoisotopic (exact) mass is 410 g/mol. The Hall–Kier alpha value is -3.19. The van der Waals surface area contributed by atoms with Crippen LogP contribution in [0.1, 0.15) is 42.7 Å². The van der Waals surface area contributed by atoms with Crippen molar-refractivity contribution in [1.82, 2.24) is 15.5 Å². The predicted octanol–water partition coefficient (Wildman–Crippen LogP) is 2.57. The third kappa shape index (κ3) is 7.00. The highest BCUT2D eigenvalue weighted by atomic mass is 16.2. The fraction of sp³-hybridized carbons (Fsp3) is 0.348. The van der Waals surface area contributed by atoms with Crippen LogP contribution >= 0.6 is 0 Å². The Kier molecular flexibility index (Phi) is 9.03. The van der Waals surface area contributed by atoms with Crippen LogP contribution in [-0.2, 0) is 9.59 Å². The number of hydrogen-bond donors (Lipinski definition) is 3. The fourth-order valence-corrected chi connectivity index (χ4v) is 3.02. The summed E-state index contributed by atoms with van der Waals surface area (Å²) in [5.41, 5.74) is 1.83. The van der Waals surface area contributed by atoms with Crippen molar-refractivity contribution in [1.29, 1.82) is 0 Å². The molecule has 2 aromatic carbocycles. The number of benzene rings is 2. The van der Waals surface area contributed by atoms with Gasteiger partial charge in [0, 0.05) is 6.54 Å². The van der Waals surface area contributed by atoms with Crippen molar-refractivity contribution in [2.45, 2.75) is 26.8 Å². The number of likely N-dealkylation sites (N-methyl/N-ethyl adjacent to an activating group) is 2. The van der Waals surface area contributed by atoms with E-state index in [1.807, 2.05) is 51.1 Å². The van der Waals surface area contributed by atoms with Gasteiger partial charge in [-0.3, -0.25) is 19.3 Å². The molecule has 0 spiro atoms. The molecule has 160 valence electrons. The van der Waals surface area contributed by atoms with Crippen molar-refractivity contribution in [3.05, 3.63) is 65.7 Å². The van der Waals surface area contributed by atoms with E-state index in [2.05, 4.69) is 16.0 Å². The minimum Gasteiger partial charge on any atom is -0.355 e. The Morgan fingerprint density at radius 2 is 1.53 bits per heavy atom. The van der Waals surface area contributed by atoms with Gasteiger partial charge in [-0.2, -0.15) is 0 Å². The molecule has 0 unspecified atom stereocenters. The number of nitrogens with zero attached hydrogens (tertiary/aromatic N) is 1. The van der Waals surface area contributed by atoms with Gasteiger partial charge in [-0.05, 0) is 38.1 Å². The SMILES string of the molecule is CCNC(=O)CN(CC)CC(=O)Nc1ccccc1C(=O)N[C@@H](C)c1ccccc1. The van der Waals surface area contributed by atoms with Crippen LogP contribution in [0.5, 0.6) is 0 Å². The molecule has 3 N–H and O–H groups in total. The number of anilines is 1. The topological polar surface area (TPSA) is 90.5 Å². The molecule has 0 aliphatic heterocycles. The molecule has 0 fully saturated rings. The van der Waals surface area contributed by atoms with Crippen LogP contribution in [0, 0.1) is 0 Å².